The van der Waals surface area contributed by atoms with E-state index in [0.29, 0.717) is 6.42 Å². The van der Waals surface area contributed by atoms with E-state index in [1.54, 1.807) is 0 Å². The van der Waals surface area contributed by atoms with Crippen LogP contribution in [0.3, 0.4) is 0 Å². The first kappa shape index (κ1) is 23.0. The second-order valence-electron chi connectivity index (χ2n) is 8.94. The summed E-state index contributed by atoms with van der Waals surface area (Å²) >= 11 is 0. The van der Waals surface area contributed by atoms with Crippen LogP contribution in [-0.2, 0) is 11.2 Å². The van der Waals surface area contributed by atoms with E-state index in [4.69, 9.17) is 9.97 Å². The zero-order chi connectivity index (χ0) is 23.2. The Morgan fingerprint density at radius 3 is 2.39 bits per heavy atom. The van der Waals surface area contributed by atoms with Crippen molar-refractivity contribution in [1.82, 2.24) is 14.9 Å². The normalized spacial score (nSPS) is 13.9. The molecule has 1 fully saturated rings. The average molecular weight is 443 g/mol. The minimum atomic E-state index is 0.278. The van der Waals surface area contributed by atoms with Crippen LogP contribution in [0.5, 0.6) is 0 Å². The fourth-order valence-electron chi connectivity index (χ4n) is 4.45. The van der Waals surface area contributed by atoms with E-state index >= 15 is 0 Å². The van der Waals surface area contributed by atoms with Crippen molar-refractivity contribution in [3.63, 3.8) is 0 Å². The third-order valence-electron chi connectivity index (χ3n) is 6.36. The van der Waals surface area contributed by atoms with E-state index in [9.17, 15) is 4.79 Å². The van der Waals surface area contributed by atoms with Crippen LogP contribution in [0.25, 0.3) is 11.4 Å². The molecule has 1 amide bonds. The van der Waals surface area contributed by atoms with E-state index in [-0.39, 0.29) is 5.91 Å². The van der Waals surface area contributed by atoms with Crippen molar-refractivity contribution >= 4 is 11.7 Å². The van der Waals surface area contributed by atoms with Gasteiger partial charge in [-0.3, -0.25) is 4.79 Å². The number of carbonyl (C=O) groups excluding carboxylic acids is 1. The largest absolute Gasteiger partial charge is 0.353 e. The number of benzene rings is 2. The molecule has 2 heterocycles. The molecule has 0 bridgehead atoms. The summed E-state index contributed by atoms with van der Waals surface area (Å²) in [7, 11) is 0. The molecular formula is C28H34N4O. The zero-order valence-corrected chi connectivity index (χ0v) is 20.1. The molecular weight excluding hydrogens is 408 g/mol. The van der Waals surface area contributed by atoms with Crippen LogP contribution in [0.15, 0.2) is 54.6 Å². The van der Waals surface area contributed by atoms with E-state index in [1.807, 2.05) is 23.1 Å². The summed E-state index contributed by atoms with van der Waals surface area (Å²) in [6.45, 7) is 9.43. The van der Waals surface area contributed by atoms with Crippen molar-refractivity contribution in [1.29, 1.82) is 0 Å². The highest BCUT2D eigenvalue weighted by Crippen LogP contribution is 2.28. The monoisotopic (exact) mass is 442 g/mol. The van der Waals surface area contributed by atoms with Crippen LogP contribution in [0, 0.1) is 13.8 Å². The summed E-state index contributed by atoms with van der Waals surface area (Å²) in [5.41, 5.74) is 5.74. The molecule has 3 aromatic rings. The molecule has 5 nitrogen and oxygen atoms in total. The van der Waals surface area contributed by atoms with Crippen LogP contribution in [-0.4, -0.2) is 47.0 Å². The maximum Gasteiger partial charge on any atom is 0.222 e. The second kappa shape index (κ2) is 10.6. The molecule has 0 saturated carbocycles. The first-order chi connectivity index (χ1) is 16.0. The lowest BCUT2D eigenvalue weighted by Crippen LogP contribution is -2.49. The lowest BCUT2D eigenvalue weighted by Gasteiger charge is -2.36. The van der Waals surface area contributed by atoms with Crippen LogP contribution >= 0.6 is 0 Å². The third-order valence-corrected chi connectivity index (χ3v) is 6.36. The highest BCUT2D eigenvalue weighted by Gasteiger charge is 2.25. The molecule has 172 valence electrons. The van der Waals surface area contributed by atoms with Gasteiger partial charge in [-0.25, -0.2) is 9.97 Å². The summed E-state index contributed by atoms with van der Waals surface area (Å²) in [6, 6.07) is 18.8. The Labute approximate surface area is 197 Å². The number of aryl methyl sites for hydroxylation is 2. The van der Waals surface area contributed by atoms with Crippen molar-refractivity contribution in [2.24, 2.45) is 0 Å². The molecule has 0 radical (unpaired) electrons. The Balaban J connectivity index is 1.64. The highest BCUT2D eigenvalue weighted by molar-refractivity contribution is 5.76. The average Bonchev–Trinajstić information content (AvgIpc) is 2.84. The van der Waals surface area contributed by atoms with Crippen LogP contribution in [0.4, 0.5) is 5.82 Å². The quantitative estimate of drug-likeness (QED) is 0.505. The van der Waals surface area contributed by atoms with Crippen molar-refractivity contribution in [2.75, 3.05) is 31.1 Å². The number of rotatable bonds is 7. The summed E-state index contributed by atoms with van der Waals surface area (Å²) in [5, 5.41) is 0. The van der Waals surface area contributed by atoms with Gasteiger partial charge in [-0.2, -0.15) is 0 Å². The number of hydrogen-bond donors (Lipinski definition) is 0. The smallest absolute Gasteiger partial charge is 0.222 e. The Morgan fingerprint density at radius 2 is 1.70 bits per heavy atom. The Morgan fingerprint density at radius 1 is 0.939 bits per heavy atom. The number of hydrogen-bond acceptors (Lipinski definition) is 4. The van der Waals surface area contributed by atoms with E-state index < -0.39 is 0 Å². The first-order valence-corrected chi connectivity index (χ1v) is 12.1. The minimum Gasteiger partial charge on any atom is -0.353 e. The van der Waals surface area contributed by atoms with Gasteiger partial charge in [0.1, 0.15) is 5.82 Å². The van der Waals surface area contributed by atoms with Gasteiger partial charge in [0.05, 0.1) is 0 Å². The number of aromatic nitrogens is 2. The Kier molecular flexibility index (Phi) is 7.38. The molecule has 0 aliphatic carbocycles. The maximum absolute atomic E-state index is 12.5. The molecule has 1 aromatic heterocycles. The Bertz CT molecular complexity index is 1090. The van der Waals surface area contributed by atoms with Gasteiger partial charge in [0.15, 0.2) is 5.82 Å². The van der Waals surface area contributed by atoms with Crippen LogP contribution in [0.2, 0.25) is 0 Å². The maximum atomic E-state index is 12.5. The lowest BCUT2D eigenvalue weighted by atomic mass is 10.0. The van der Waals surface area contributed by atoms with E-state index in [1.165, 1.54) is 16.7 Å². The molecule has 5 heteroatoms. The molecule has 0 atom stereocenters. The highest BCUT2D eigenvalue weighted by atomic mass is 16.2. The fourth-order valence-corrected chi connectivity index (χ4v) is 4.45. The van der Waals surface area contributed by atoms with Crippen LogP contribution in [0.1, 0.15) is 48.6 Å². The molecule has 4 rings (SSSR count). The van der Waals surface area contributed by atoms with E-state index in [2.05, 4.69) is 62.1 Å². The van der Waals surface area contributed by atoms with E-state index in [0.717, 1.165) is 68.3 Å². The van der Waals surface area contributed by atoms with Crippen molar-refractivity contribution < 1.29 is 4.79 Å². The summed E-state index contributed by atoms with van der Waals surface area (Å²) in [4.78, 5) is 26.8. The zero-order valence-electron chi connectivity index (χ0n) is 20.1. The fraction of sp³-hybridized carbons (Fsp3) is 0.393. The molecule has 0 unspecified atom stereocenters. The van der Waals surface area contributed by atoms with Gasteiger partial charge < -0.3 is 9.80 Å². The van der Waals surface area contributed by atoms with Gasteiger partial charge in [0.2, 0.25) is 5.91 Å². The second-order valence-corrected chi connectivity index (χ2v) is 8.94. The number of anilines is 1. The lowest BCUT2D eigenvalue weighted by molar-refractivity contribution is -0.131. The van der Waals surface area contributed by atoms with Crippen molar-refractivity contribution in [2.45, 2.75) is 46.5 Å². The topological polar surface area (TPSA) is 49.3 Å². The summed E-state index contributed by atoms with van der Waals surface area (Å²) < 4.78 is 0. The molecule has 1 aliphatic rings. The minimum absolute atomic E-state index is 0.278. The SMILES string of the molecule is CCCCC(=O)N1CCN(c2nc(-c3ccccc3)nc(C)c2Cc2cccc(C)c2)CC1. The molecule has 2 aromatic carbocycles. The third kappa shape index (κ3) is 5.59. The van der Waals surface area contributed by atoms with Gasteiger partial charge in [-0.05, 0) is 25.8 Å². The van der Waals surface area contributed by atoms with Gasteiger partial charge in [0, 0.05) is 55.8 Å². The van der Waals surface area contributed by atoms with Gasteiger partial charge in [-0.15, -0.1) is 0 Å². The summed E-state index contributed by atoms with van der Waals surface area (Å²) in [5.74, 6) is 2.04. The Hall–Kier alpha value is -3.21. The number of piperazine rings is 1. The van der Waals surface area contributed by atoms with Crippen LogP contribution < -0.4 is 4.90 Å². The first-order valence-electron chi connectivity index (χ1n) is 12.1. The number of nitrogens with zero attached hydrogens (tertiary/aromatic N) is 4. The number of amides is 1. The molecule has 1 aliphatic heterocycles. The van der Waals surface area contributed by atoms with Crippen molar-refractivity contribution in [3.05, 3.63) is 77.0 Å². The molecule has 33 heavy (non-hydrogen) atoms. The summed E-state index contributed by atoms with van der Waals surface area (Å²) in [6.07, 6.45) is 3.47. The number of unbranched alkanes of at least 4 members (excludes halogenated alkanes) is 1. The van der Waals surface area contributed by atoms with Gasteiger partial charge in [0.25, 0.3) is 0 Å². The predicted octanol–water partition coefficient (Wildman–Crippen LogP) is 5.19. The number of carbonyl (C=O) groups is 1. The van der Waals surface area contributed by atoms with Gasteiger partial charge in [-0.1, -0.05) is 73.5 Å². The molecule has 1 saturated heterocycles. The predicted molar refractivity (Wildman–Crippen MR) is 135 cm³/mol. The molecule has 0 N–H and O–H groups in total. The van der Waals surface area contributed by atoms with Crippen molar-refractivity contribution in [3.8, 4) is 11.4 Å². The standard InChI is InChI=1S/C28H34N4O/c1-4-5-14-26(33)31-15-17-32(18-16-31)28-25(20-23-11-9-10-21(2)19-23)22(3)29-27(30-28)24-12-7-6-8-13-24/h6-13,19H,4-5,14-18,20H2,1-3H3. The van der Waals surface area contributed by atoms with Gasteiger partial charge >= 0.3 is 0 Å². The molecule has 0 spiro atoms.